The lowest BCUT2D eigenvalue weighted by Gasteiger charge is -2.34. The molecule has 0 N–H and O–H groups in total. The number of rotatable bonds is 9. The molecule has 35 heavy (non-hydrogen) atoms. The molecule has 1 atom stereocenters. The Hall–Kier alpha value is -3.13. The second-order valence-corrected chi connectivity index (χ2v) is 9.15. The first kappa shape index (κ1) is 25.0. The van der Waals surface area contributed by atoms with Crippen molar-refractivity contribution in [3.8, 4) is 23.0 Å². The van der Waals surface area contributed by atoms with Crippen LogP contribution in [0.1, 0.15) is 28.2 Å². The van der Waals surface area contributed by atoms with Crippen LogP contribution in [0.2, 0.25) is 0 Å². The second kappa shape index (κ2) is 11.1. The first-order valence-corrected chi connectivity index (χ1v) is 12.1. The van der Waals surface area contributed by atoms with Crippen molar-refractivity contribution in [2.75, 3.05) is 68.3 Å². The van der Waals surface area contributed by atoms with E-state index in [1.807, 2.05) is 12.1 Å². The van der Waals surface area contributed by atoms with Gasteiger partial charge >= 0.3 is 6.09 Å². The summed E-state index contributed by atoms with van der Waals surface area (Å²) < 4.78 is 27.3. The Morgan fingerprint density at radius 2 is 1.37 bits per heavy atom. The van der Waals surface area contributed by atoms with Crippen molar-refractivity contribution >= 4 is 6.09 Å². The van der Waals surface area contributed by atoms with Crippen LogP contribution in [0.4, 0.5) is 4.79 Å². The number of hydrogen-bond donors (Lipinski definition) is 0. The number of hydrogen-bond acceptors (Lipinski definition) is 7. The van der Waals surface area contributed by atoms with Gasteiger partial charge in [0, 0.05) is 32.1 Å². The number of fused-ring (bicyclic) bond motifs is 2. The molecule has 0 radical (unpaired) electrons. The Labute approximate surface area is 207 Å². The summed E-state index contributed by atoms with van der Waals surface area (Å²) in [7, 11) is 8.66. The van der Waals surface area contributed by atoms with Crippen LogP contribution in [0.25, 0.3) is 0 Å². The number of amides is 1. The zero-order chi connectivity index (χ0) is 24.9. The van der Waals surface area contributed by atoms with Crippen LogP contribution in [0.3, 0.4) is 0 Å². The van der Waals surface area contributed by atoms with E-state index < -0.39 is 0 Å². The summed E-state index contributed by atoms with van der Waals surface area (Å²) in [6.07, 6.45) is 2.29. The highest BCUT2D eigenvalue weighted by molar-refractivity contribution is 5.68. The fourth-order valence-electron chi connectivity index (χ4n) is 4.98. The molecule has 2 aromatic carbocycles. The molecule has 0 bridgehead atoms. The summed E-state index contributed by atoms with van der Waals surface area (Å²) in [5.41, 5.74) is 4.99. The lowest BCUT2D eigenvalue weighted by Crippen LogP contribution is -2.37. The fourth-order valence-corrected chi connectivity index (χ4v) is 4.98. The van der Waals surface area contributed by atoms with Gasteiger partial charge in [0.15, 0.2) is 23.0 Å². The van der Waals surface area contributed by atoms with Crippen LogP contribution >= 0.6 is 0 Å². The summed E-state index contributed by atoms with van der Waals surface area (Å²) in [4.78, 5) is 16.7. The lowest BCUT2D eigenvalue weighted by molar-refractivity contribution is 0.0939. The van der Waals surface area contributed by atoms with Crippen molar-refractivity contribution in [1.29, 1.82) is 0 Å². The molecule has 1 aliphatic carbocycles. The summed E-state index contributed by atoms with van der Waals surface area (Å²) in [5.74, 6) is 3.43. The SMILES string of the molecule is COc1cc2c(cc1OC)CCN(C(=O)OCCN(C)C[C@H]1Cc3cc(OC)c(OC)cc31)CC2. The Kier molecular flexibility index (Phi) is 7.90. The number of carbonyl (C=O) groups is 1. The fraction of sp³-hybridized carbons (Fsp3) is 0.519. The molecule has 190 valence electrons. The quantitative estimate of drug-likeness (QED) is 0.539. The van der Waals surface area contributed by atoms with Crippen molar-refractivity contribution in [2.24, 2.45) is 0 Å². The van der Waals surface area contributed by atoms with Crippen molar-refractivity contribution in [3.63, 3.8) is 0 Å². The Morgan fingerprint density at radius 1 is 0.857 bits per heavy atom. The number of benzene rings is 2. The lowest BCUT2D eigenvalue weighted by atomic mass is 9.77. The topological polar surface area (TPSA) is 69.7 Å². The molecule has 0 spiro atoms. The van der Waals surface area contributed by atoms with Crippen LogP contribution < -0.4 is 18.9 Å². The molecular weight excluding hydrogens is 448 g/mol. The van der Waals surface area contributed by atoms with Gasteiger partial charge in [-0.1, -0.05) is 0 Å². The van der Waals surface area contributed by atoms with Gasteiger partial charge in [0.1, 0.15) is 6.61 Å². The van der Waals surface area contributed by atoms with Crippen LogP contribution in [-0.2, 0) is 24.0 Å². The third kappa shape index (κ3) is 5.42. The molecule has 2 aromatic rings. The molecule has 0 saturated carbocycles. The Bertz CT molecular complexity index is 1020. The van der Waals surface area contributed by atoms with Gasteiger partial charge in [-0.2, -0.15) is 0 Å². The number of carbonyl (C=O) groups excluding carboxylic acids is 1. The number of ether oxygens (including phenoxy) is 5. The number of nitrogens with zero attached hydrogens (tertiary/aromatic N) is 2. The van der Waals surface area contributed by atoms with Gasteiger partial charge in [-0.15, -0.1) is 0 Å². The summed E-state index contributed by atoms with van der Waals surface area (Å²) >= 11 is 0. The standard InChI is InChI=1S/C27H36N2O6/c1-28(17-21-12-20-15-25(33-4)26(34-5)16-22(20)21)10-11-35-27(30)29-8-6-18-13-23(31-2)24(32-3)14-19(18)7-9-29/h13-16,21H,6-12,17H2,1-5H3/t21-/m1/s1. The largest absolute Gasteiger partial charge is 0.493 e. The maximum Gasteiger partial charge on any atom is 0.409 e. The smallest absolute Gasteiger partial charge is 0.409 e. The maximum absolute atomic E-state index is 12.7. The minimum Gasteiger partial charge on any atom is -0.493 e. The van der Waals surface area contributed by atoms with Gasteiger partial charge in [0.2, 0.25) is 0 Å². The van der Waals surface area contributed by atoms with Gasteiger partial charge in [0.05, 0.1) is 28.4 Å². The Morgan fingerprint density at radius 3 is 1.91 bits per heavy atom. The van der Waals surface area contributed by atoms with E-state index in [0.717, 1.165) is 48.8 Å². The van der Waals surface area contributed by atoms with E-state index >= 15 is 0 Å². The van der Waals surface area contributed by atoms with Crippen molar-refractivity contribution in [2.45, 2.75) is 25.2 Å². The minimum atomic E-state index is -0.254. The molecule has 0 fully saturated rings. The van der Waals surface area contributed by atoms with E-state index in [-0.39, 0.29) is 6.09 Å². The highest BCUT2D eigenvalue weighted by atomic mass is 16.6. The van der Waals surface area contributed by atoms with E-state index in [9.17, 15) is 4.79 Å². The molecule has 0 aromatic heterocycles. The number of likely N-dealkylation sites (N-methyl/N-ethyl adjacent to an activating group) is 1. The molecule has 8 nitrogen and oxygen atoms in total. The highest BCUT2D eigenvalue weighted by Crippen LogP contribution is 2.42. The molecule has 0 unspecified atom stereocenters. The molecule has 2 aliphatic rings. The van der Waals surface area contributed by atoms with Crippen LogP contribution in [0, 0.1) is 0 Å². The first-order chi connectivity index (χ1) is 17.0. The predicted octanol–water partition coefficient (Wildman–Crippen LogP) is 3.53. The van der Waals surface area contributed by atoms with Crippen molar-refractivity contribution in [3.05, 3.63) is 46.5 Å². The average Bonchev–Trinajstić information content (AvgIpc) is 3.08. The predicted molar refractivity (Wildman–Crippen MR) is 133 cm³/mol. The van der Waals surface area contributed by atoms with Gasteiger partial charge in [-0.05, 0) is 72.8 Å². The summed E-state index contributed by atoms with van der Waals surface area (Å²) in [5, 5.41) is 0. The molecule has 4 rings (SSSR count). The molecule has 1 aliphatic heterocycles. The highest BCUT2D eigenvalue weighted by Gasteiger charge is 2.29. The van der Waals surface area contributed by atoms with Crippen LogP contribution in [-0.4, -0.2) is 84.2 Å². The Balaban J connectivity index is 1.24. The third-order valence-corrected chi connectivity index (χ3v) is 7.05. The third-order valence-electron chi connectivity index (χ3n) is 7.05. The van der Waals surface area contributed by atoms with Gasteiger partial charge in [-0.3, -0.25) is 0 Å². The molecular formula is C27H36N2O6. The van der Waals surface area contributed by atoms with Crippen LogP contribution in [0.5, 0.6) is 23.0 Å². The molecule has 1 heterocycles. The van der Waals surface area contributed by atoms with Gasteiger partial charge < -0.3 is 33.5 Å². The number of methoxy groups -OCH3 is 4. The van der Waals surface area contributed by atoms with Gasteiger partial charge in [-0.25, -0.2) is 4.79 Å². The van der Waals surface area contributed by atoms with E-state index in [1.165, 1.54) is 22.3 Å². The zero-order valence-corrected chi connectivity index (χ0v) is 21.4. The second-order valence-electron chi connectivity index (χ2n) is 9.15. The van der Waals surface area contributed by atoms with Crippen LogP contribution in [0.15, 0.2) is 24.3 Å². The zero-order valence-electron chi connectivity index (χ0n) is 21.4. The van der Waals surface area contributed by atoms with Crippen molar-refractivity contribution in [1.82, 2.24) is 9.80 Å². The van der Waals surface area contributed by atoms with Crippen molar-refractivity contribution < 1.29 is 28.5 Å². The minimum absolute atomic E-state index is 0.254. The van der Waals surface area contributed by atoms with E-state index in [0.29, 0.717) is 32.2 Å². The van der Waals surface area contributed by atoms with E-state index in [1.54, 1.807) is 33.3 Å². The first-order valence-electron chi connectivity index (χ1n) is 12.1. The molecule has 8 heteroatoms. The molecule has 0 saturated heterocycles. The maximum atomic E-state index is 12.7. The normalized spacial score (nSPS) is 16.5. The summed E-state index contributed by atoms with van der Waals surface area (Å²) in [6, 6.07) is 8.18. The summed E-state index contributed by atoms with van der Waals surface area (Å²) in [6.45, 7) is 3.21. The molecule has 1 amide bonds. The monoisotopic (exact) mass is 484 g/mol. The van der Waals surface area contributed by atoms with Gasteiger partial charge in [0.25, 0.3) is 0 Å². The van der Waals surface area contributed by atoms with E-state index in [4.69, 9.17) is 23.7 Å². The van der Waals surface area contributed by atoms with E-state index in [2.05, 4.69) is 24.1 Å². The average molecular weight is 485 g/mol.